The van der Waals surface area contributed by atoms with Crippen molar-refractivity contribution >= 4 is 17.6 Å². The fourth-order valence-electron chi connectivity index (χ4n) is 1.86. The zero-order valence-electron chi connectivity index (χ0n) is 12.6. The average molecular weight is 293 g/mol. The summed E-state index contributed by atoms with van der Waals surface area (Å²) in [6.07, 6.45) is 2.49. The van der Waals surface area contributed by atoms with Gasteiger partial charge in [-0.25, -0.2) is 0 Å². The first-order chi connectivity index (χ1) is 10.0. The summed E-state index contributed by atoms with van der Waals surface area (Å²) in [7, 11) is 0. The van der Waals surface area contributed by atoms with E-state index in [0.717, 1.165) is 23.4 Å². The van der Waals surface area contributed by atoms with Crippen LogP contribution in [0.25, 0.3) is 0 Å². The maximum atomic E-state index is 11.8. The highest BCUT2D eigenvalue weighted by Crippen LogP contribution is 2.21. The summed E-state index contributed by atoms with van der Waals surface area (Å²) in [6.45, 7) is 4.64. The molecule has 0 aromatic heterocycles. The van der Waals surface area contributed by atoms with E-state index in [1.54, 1.807) is 0 Å². The van der Waals surface area contributed by atoms with Crippen LogP contribution in [0.3, 0.4) is 0 Å². The van der Waals surface area contributed by atoms with Crippen molar-refractivity contribution in [1.82, 2.24) is 0 Å². The number of nitrogens with one attached hydrogen (secondary N) is 1. The molecule has 0 fully saturated rings. The fraction of sp³-hybridized carbons (Fsp3) is 0.500. The molecule has 0 radical (unpaired) electrons. The number of ether oxygens (including phenoxy) is 1. The van der Waals surface area contributed by atoms with E-state index < -0.39 is 5.97 Å². The highest BCUT2D eigenvalue weighted by Gasteiger charge is 2.06. The monoisotopic (exact) mass is 293 g/mol. The molecule has 0 aliphatic carbocycles. The maximum Gasteiger partial charge on any atom is 0.303 e. The van der Waals surface area contributed by atoms with Gasteiger partial charge in [0.2, 0.25) is 5.91 Å². The molecule has 0 aliphatic rings. The molecule has 0 bridgehead atoms. The molecule has 0 aliphatic heterocycles. The van der Waals surface area contributed by atoms with E-state index in [1.807, 2.05) is 32.0 Å². The summed E-state index contributed by atoms with van der Waals surface area (Å²) < 4.78 is 5.53. The second-order valence-electron chi connectivity index (χ2n) is 4.97. The molecule has 5 nitrogen and oxygen atoms in total. The molecule has 5 heteroatoms. The predicted octanol–water partition coefficient (Wildman–Crippen LogP) is 3.37. The van der Waals surface area contributed by atoms with Crippen LogP contribution in [0, 0.1) is 6.92 Å². The third kappa shape index (κ3) is 6.79. The lowest BCUT2D eigenvalue weighted by atomic mass is 10.1. The Labute approximate surface area is 125 Å². The number of carboxylic acid groups (broad SMARTS) is 1. The highest BCUT2D eigenvalue weighted by atomic mass is 16.5. The maximum absolute atomic E-state index is 11.8. The molecular formula is C16H23NO4. The highest BCUT2D eigenvalue weighted by molar-refractivity contribution is 5.91. The van der Waals surface area contributed by atoms with E-state index in [0.29, 0.717) is 25.9 Å². The first kappa shape index (κ1) is 17.0. The number of unbranched alkanes of at least 4 members (excludes halogenated alkanes) is 1. The molecular weight excluding hydrogens is 270 g/mol. The quantitative estimate of drug-likeness (QED) is 0.684. The van der Waals surface area contributed by atoms with E-state index in [-0.39, 0.29) is 12.3 Å². The number of carboxylic acids is 1. The Balaban J connectivity index is 2.43. The Morgan fingerprint density at radius 3 is 2.57 bits per heavy atom. The lowest BCUT2D eigenvalue weighted by Gasteiger charge is -2.11. The summed E-state index contributed by atoms with van der Waals surface area (Å²) in [5, 5.41) is 11.4. The van der Waals surface area contributed by atoms with Gasteiger partial charge in [-0.2, -0.15) is 0 Å². The molecule has 0 unspecified atom stereocenters. The third-order valence-corrected chi connectivity index (χ3v) is 2.99. The number of aliphatic carboxylic acids is 1. The Morgan fingerprint density at radius 2 is 1.95 bits per heavy atom. The number of anilines is 1. The van der Waals surface area contributed by atoms with Crippen molar-refractivity contribution in [3.63, 3.8) is 0 Å². The number of hydrogen-bond donors (Lipinski definition) is 2. The molecule has 1 aromatic rings. The molecule has 116 valence electrons. The Kier molecular flexibility index (Phi) is 7.29. The van der Waals surface area contributed by atoms with E-state index in [9.17, 15) is 9.59 Å². The lowest BCUT2D eigenvalue weighted by molar-refractivity contribution is -0.137. The summed E-state index contributed by atoms with van der Waals surface area (Å²) >= 11 is 0. The summed E-state index contributed by atoms with van der Waals surface area (Å²) in [4.78, 5) is 22.2. The van der Waals surface area contributed by atoms with Crippen molar-refractivity contribution in [2.75, 3.05) is 11.9 Å². The van der Waals surface area contributed by atoms with E-state index in [2.05, 4.69) is 5.32 Å². The van der Waals surface area contributed by atoms with Crippen LogP contribution in [0.5, 0.6) is 5.75 Å². The van der Waals surface area contributed by atoms with Crippen molar-refractivity contribution in [2.24, 2.45) is 0 Å². The standard InChI is InChI=1S/C16H23NO4/c1-3-10-21-13-8-9-14(12(2)11-13)17-15(18)6-4-5-7-16(19)20/h8-9,11H,3-7,10H2,1-2H3,(H,17,18)(H,19,20). The first-order valence-electron chi connectivity index (χ1n) is 7.28. The predicted molar refractivity (Wildman–Crippen MR) is 81.7 cm³/mol. The van der Waals surface area contributed by atoms with Crippen LogP contribution in [-0.4, -0.2) is 23.6 Å². The van der Waals surface area contributed by atoms with Crippen molar-refractivity contribution < 1.29 is 19.4 Å². The van der Waals surface area contributed by atoms with Crippen LogP contribution < -0.4 is 10.1 Å². The normalized spacial score (nSPS) is 10.2. The van der Waals surface area contributed by atoms with Gasteiger partial charge in [0.1, 0.15) is 5.75 Å². The molecule has 2 N–H and O–H groups in total. The number of carbonyl (C=O) groups excluding carboxylic acids is 1. The van der Waals surface area contributed by atoms with Gasteiger partial charge in [0.05, 0.1) is 6.61 Å². The van der Waals surface area contributed by atoms with Gasteiger partial charge < -0.3 is 15.2 Å². The molecule has 0 atom stereocenters. The van der Waals surface area contributed by atoms with Gasteiger partial charge in [-0.1, -0.05) is 6.92 Å². The lowest BCUT2D eigenvalue weighted by Crippen LogP contribution is -2.12. The molecule has 21 heavy (non-hydrogen) atoms. The topological polar surface area (TPSA) is 75.6 Å². The Hall–Kier alpha value is -2.04. The van der Waals surface area contributed by atoms with Crippen molar-refractivity contribution in [3.8, 4) is 5.75 Å². The van der Waals surface area contributed by atoms with Gasteiger partial charge in [0.15, 0.2) is 0 Å². The molecule has 1 rings (SSSR count). The Morgan fingerprint density at radius 1 is 1.24 bits per heavy atom. The van der Waals surface area contributed by atoms with Crippen LogP contribution in [0.2, 0.25) is 0 Å². The van der Waals surface area contributed by atoms with E-state index >= 15 is 0 Å². The second-order valence-corrected chi connectivity index (χ2v) is 4.97. The van der Waals surface area contributed by atoms with Gasteiger partial charge in [-0.3, -0.25) is 9.59 Å². The van der Waals surface area contributed by atoms with Crippen LogP contribution in [0.15, 0.2) is 18.2 Å². The van der Waals surface area contributed by atoms with Crippen LogP contribution in [0.4, 0.5) is 5.69 Å². The van der Waals surface area contributed by atoms with Crippen molar-refractivity contribution in [2.45, 2.75) is 46.0 Å². The fourth-order valence-corrected chi connectivity index (χ4v) is 1.86. The number of rotatable bonds is 9. The number of aryl methyl sites for hydroxylation is 1. The number of carbonyl (C=O) groups is 2. The zero-order valence-corrected chi connectivity index (χ0v) is 12.6. The second kappa shape index (κ2) is 9.00. The van der Waals surface area contributed by atoms with Crippen molar-refractivity contribution in [3.05, 3.63) is 23.8 Å². The molecule has 0 saturated heterocycles. The zero-order chi connectivity index (χ0) is 15.7. The van der Waals surface area contributed by atoms with Crippen LogP contribution in [0.1, 0.15) is 44.6 Å². The van der Waals surface area contributed by atoms with E-state index in [4.69, 9.17) is 9.84 Å². The Bertz CT molecular complexity index is 485. The smallest absolute Gasteiger partial charge is 0.303 e. The third-order valence-electron chi connectivity index (χ3n) is 2.99. The molecule has 1 aromatic carbocycles. The number of hydrogen-bond acceptors (Lipinski definition) is 3. The minimum Gasteiger partial charge on any atom is -0.494 e. The number of amides is 1. The molecule has 1 amide bonds. The van der Waals surface area contributed by atoms with Gasteiger partial charge >= 0.3 is 5.97 Å². The minimum absolute atomic E-state index is 0.0919. The summed E-state index contributed by atoms with van der Waals surface area (Å²) in [5.41, 5.74) is 1.71. The summed E-state index contributed by atoms with van der Waals surface area (Å²) in [6, 6.07) is 5.56. The van der Waals surface area contributed by atoms with Crippen LogP contribution >= 0.6 is 0 Å². The van der Waals surface area contributed by atoms with Gasteiger partial charge in [-0.05, 0) is 49.9 Å². The van der Waals surface area contributed by atoms with Gasteiger partial charge in [0, 0.05) is 18.5 Å². The summed E-state index contributed by atoms with van der Waals surface area (Å²) in [5.74, 6) is -0.117. The van der Waals surface area contributed by atoms with Crippen molar-refractivity contribution in [1.29, 1.82) is 0 Å². The first-order valence-corrected chi connectivity index (χ1v) is 7.28. The van der Waals surface area contributed by atoms with Gasteiger partial charge in [-0.15, -0.1) is 0 Å². The average Bonchev–Trinajstić information content (AvgIpc) is 2.44. The van der Waals surface area contributed by atoms with Crippen LogP contribution in [-0.2, 0) is 9.59 Å². The molecule has 0 saturated carbocycles. The SMILES string of the molecule is CCCOc1ccc(NC(=O)CCCCC(=O)O)c(C)c1. The number of benzene rings is 1. The molecule has 0 spiro atoms. The van der Waals surface area contributed by atoms with Gasteiger partial charge in [0.25, 0.3) is 0 Å². The van der Waals surface area contributed by atoms with E-state index in [1.165, 1.54) is 0 Å². The largest absolute Gasteiger partial charge is 0.494 e. The minimum atomic E-state index is -0.825. The molecule has 0 heterocycles.